The van der Waals surface area contributed by atoms with Gasteiger partial charge in [-0.3, -0.25) is 9.78 Å². The molecule has 1 aliphatic heterocycles. The second kappa shape index (κ2) is 9.18. The Bertz CT molecular complexity index is 1000. The number of rotatable bonds is 6. The van der Waals surface area contributed by atoms with Crippen molar-refractivity contribution in [1.82, 2.24) is 9.97 Å². The molecule has 7 nitrogen and oxygen atoms in total. The van der Waals surface area contributed by atoms with E-state index in [1.165, 1.54) is 31.3 Å². The maximum Gasteiger partial charge on any atom is 0.417 e. The summed E-state index contributed by atoms with van der Waals surface area (Å²) in [6.07, 6.45) is -8.15. The largest absolute Gasteiger partial charge is 0.481 e. The van der Waals surface area contributed by atoms with Crippen LogP contribution in [0, 0.1) is 5.92 Å². The second-order valence-corrected chi connectivity index (χ2v) is 7.78. The van der Waals surface area contributed by atoms with Crippen LogP contribution in [0.5, 0.6) is 5.88 Å². The average Bonchev–Trinajstić information content (AvgIpc) is 3.05. The third kappa shape index (κ3) is 4.62. The maximum absolute atomic E-state index is 13.9. The Balaban J connectivity index is 2.03. The Hall–Kier alpha value is -2.86. The van der Waals surface area contributed by atoms with Crippen LogP contribution in [0.3, 0.4) is 0 Å². The number of hydrogen-bond donors (Lipinski definition) is 2. The average molecular weight is 475 g/mol. The van der Waals surface area contributed by atoms with Crippen molar-refractivity contribution >= 4 is 11.6 Å². The monoisotopic (exact) mass is 475 g/mol. The molecule has 0 saturated carbocycles. The van der Waals surface area contributed by atoms with Gasteiger partial charge in [-0.05, 0) is 25.1 Å². The Morgan fingerprint density at radius 1 is 1.30 bits per heavy atom. The number of hydrogen-bond acceptors (Lipinski definition) is 6. The normalized spacial score (nSPS) is 25.3. The van der Waals surface area contributed by atoms with Gasteiger partial charge in [0.05, 0.1) is 31.3 Å². The predicted octanol–water partition coefficient (Wildman–Crippen LogP) is 3.99. The lowest BCUT2D eigenvalue weighted by Crippen LogP contribution is -2.47. The topological polar surface area (TPSA) is 93.6 Å². The van der Waals surface area contributed by atoms with Crippen molar-refractivity contribution in [1.29, 1.82) is 0 Å². The van der Waals surface area contributed by atoms with Crippen molar-refractivity contribution in [2.75, 3.05) is 12.4 Å². The van der Waals surface area contributed by atoms with Gasteiger partial charge in [-0.25, -0.2) is 13.8 Å². The minimum absolute atomic E-state index is 0.0382. The van der Waals surface area contributed by atoms with E-state index in [-0.39, 0.29) is 23.7 Å². The molecule has 2 aromatic heterocycles. The zero-order valence-electron chi connectivity index (χ0n) is 17.9. The van der Waals surface area contributed by atoms with Crippen molar-refractivity contribution < 1.29 is 41.3 Å². The summed E-state index contributed by atoms with van der Waals surface area (Å²) in [6.45, 7) is 1.78. The molecule has 4 unspecified atom stereocenters. The first-order valence-corrected chi connectivity index (χ1v) is 9.87. The van der Waals surface area contributed by atoms with Gasteiger partial charge >= 0.3 is 6.18 Å². The van der Waals surface area contributed by atoms with E-state index in [1.54, 1.807) is 0 Å². The molecule has 1 fully saturated rings. The predicted molar refractivity (Wildman–Crippen MR) is 106 cm³/mol. The van der Waals surface area contributed by atoms with Gasteiger partial charge in [0.25, 0.3) is 12.3 Å². The number of pyridine rings is 2. The highest BCUT2D eigenvalue weighted by molar-refractivity contribution is 5.95. The van der Waals surface area contributed by atoms with Crippen molar-refractivity contribution in [2.24, 2.45) is 5.92 Å². The summed E-state index contributed by atoms with van der Waals surface area (Å²) < 4.78 is 78.4. The Morgan fingerprint density at radius 3 is 2.52 bits per heavy atom. The van der Waals surface area contributed by atoms with Crippen LogP contribution in [-0.2, 0) is 16.1 Å². The molecule has 4 atom stereocenters. The zero-order chi connectivity index (χ0) is 24.6. The molecule has 0 aromatic carbocycles. The molecule has 1 saturated heterocycles. The number of aromatic nitrogens is 2. The number of aliphatic hydroxyl groups is 1. The number of carbonyl (C=O) groups is 1. The summed E-state index contributed by atoms with van der Waals surface area (Å²) in [5, 5.41) is 11.5. The SMILES string of the molecule is COc1nc(C(F)F)ccc1C1C(C(=O)Nc2ccc(CO)nc2)OC(C)(C(F)(F)F)C1C. The van der Waals surface area contributed by atoms with Crippen LogP contribution in [0.2, 0.25) is 0 Å². The summed E-state index contributed by atoms with van der Waals surface area (Å²) >= 11 is 0. The molecule has 3 heterocycles. The standard InChI is InChI=1S/C21H22F5N3O4/c1-10-15(13-6-7-14(17(22)23)29-19(13)32-3)16(33-20(10,2)21(24,25)26)18(31)28-11-4-5-12(9-30)27-8-11/h4-8,10,15-17,30H,9H2,1-3H3,(H,28,31). The molecular weight excluding hydrogens is 453 g/mol. The van der Waals surface area contributed by atoms with Gasteiger partial charge in [0, 0.05) is 17.4 Å². The summed E-state index contributed by atoms with van der Waals surface area (Å²) in [5.41, 5.74) is -2.78. The molecule has 12 heteroatoms. The van der Waals surface area contributed by atoms with E-state index in [1.807, 2.05) is 0 Å². The van der Waals surface area contributed by atoms with E-state index in [4.69, 9.17) is 14.6 Å². The number of aliphatic hydroxyl groups excluding tert-OH is 1. The van der Waals surface area contributed by atoms with E-state index in [0.29, 0.717) is 5.69 Å². The van der Waals surface area contributed by atoms with Crippen LogP contribution in [0.1, 0.15) is 43.1 Å². The summed E-state index contributed by atoms with van der Waals surface area (Å²) in [5.74, 6) is -3.71. The van der Waals surface area contributed by atoms with Crippen LogP contribution < -0.4 is 10.1 Å². The maximum atomic E-state index is 13.9. The van der Waals surface area contributed by atoms with Gasteiger partial charge < -0.3 is 19.9 Å². The molecule has 0 bridgehead atoms. The second-order valence-electron chi connectivity index (χ2n) is 7.78. The molecule has 180 valence electrons. The number of nitrogens with zero attached hydrogens (tertiary/aromatic N) is 2. The van der Waals surface area contributed by atoms with E-state index in [0.717, 1.165) is 20.1 Å². The Labute approximate surface area is 185 Å². The third-order valence-electron chi connectivity index (χ3n) is 5.87. The Morgan fingerprint density at radius 2 is 2.00 bits per heavy atom. The lowest BCUT2D eigenvalue weighted by molar-refractivity contribution is -0.272. The smallest absolute Gasteiger partial charge is 0.417 e. The highest BCUT2D eigenvalue weighted by Crippen LogP contribution is 2.54. The summed E-state index contributed by atoms with van der Waals surface area (Å²) in [4.78, 5) is 20.6. The van der Waals surface area contributed by atoms with E-state index in [2.05, 4.69) is 15.3 Å². The number of halogens is 5. The van der Waals surface area contributed by atoms with Gasteiger partial charge in [0.15, 0.2) is 5.60 Å². The number of methoxy groups -OCH3 is 1. The fourth-order valence-corrected chi connectivity index (χ4v) is 3.83. The van der Waals surface area contributed by atoms with Crippen molar-refractivity contribution in [2.45, 2.75) is 50.7 Å². The molecule has 1 aliphatic rings. The van der Waals surface area contributed by atoms with Crippen molar-refractivity contribution in [3.8, 4) is 5.88 Å². The molecule has 33 heavy (non-hydrogen) atoms. The van der Waals surface area contributed by atoms with Crippen LogP contribution in [0.25, 0.3) is 0 Å². The van der Waals surface area contributed by atoms with Gasteiger partial charge in [-0.15, -0.1) is 0 Å². The first-order valence-electron chi connectivity index (χ1n) is 9.87. The molecule has 0 aliphatic carbocycles. The van der Waals surface area contributed by atoms with Gasteiger partial charge in [-0.2, -0.15) is 13.2 Å². The molecule has 3 rings (SSSR count). The minimum atomic E-state index is -4.83. The molecule has 1 amide bonds. The van der Waals surface area contributed by atoms with Crippen LogP contribution >= 0.6 is 0 Å². The molecule has 0 radical (unpaired) electrons. The number of carbonyl (C=O) groups excluding carboxylic acids is 1. The van der Waals surface area contributed by atoms with Gasteiger partial charge in [-0.1, -0.05) is 13.0 Å². The Kier molecular flexibility index (Phi) is 6.89. The van der Waals surface area contributed by atoms with Crippen molar-refractivity contribution in [3.63, 3.8) is 0 Å². The number of alkyl halides is 5. The fraction of sp³-hybridized carbons (Fsp3) is 0.476. The lowest BCUT2D eigenvalue weighted by Gasteiger charge is -2.31. The van der Waals surface area contributed by atoms with E-state index < -0.39 is 47.7 Å². The van der Waals surface area contributed by atoms with Crippen LogP contribution in [0.15, 0.2) is 30.5 Å². The zero-order valence-corrected chi connectivity index (χ0v) is 17.9. The molecule has 2 aromatic rings. The molecular formula is C21H22F5N3O4. The number of ether oxygens (including phenoxy) is 2. The van der Waals surface area contributed by atoms with Crippen molar-refractivity contribution in [3.05, 3.63) is 47.4 Å². The van der Waals surface area contributed by atoms with Gasteiger partial charge in [0.1, 0.15) is 11.8 Å². The summed E-state index contributed by atoms with van der Waals surface area (Å²) in [6, 6.07) is 5.01. The first-order chi connectivity index (χ1) is 15.4. The number of nitrogens with one attached hydrogen (secondary N) is 1. The van der Waals surface area contributed by atoms with Crippen LogP contribution in [-0.4, -0.2) is 46.0 Å². The summed E-state index contributed by atoms with van der Waals surface area (Å²) in [7, 11) is 1.15. The highest BCUT2D eigenvalue weighted by atomic mass is 19.4. The lowest BCUT2D eigenvalue weighted by atomic mass is 9.77. The van der Waals surface area contributed by atoms with E-state index >= 15 is 0 Å². The molecule has 2 N–H and O–H groups in total. The van der Waals surface area contributed by atoms with E-state index in [9.17, 15) is 26.7 Å². The van der Waals surface area contributed by atoms with Gasteiger partial charge in [0.2, 0.25) is 5.88 Å². The van der Waals surface area contributed by atoms with Crippen LogP contribution in [0.4, 0.5) is 27.6 Å². The third-order valence-corrected chi connectivity index (χ3v) is 5.87. The highest BCUT2D eigenvalue weighted by Gasteiger charge is 2.65. The fourth-order valence-electron chi connectivity index (χ4n) is 3.83. The number of anilines is 1. The molecule has 0 spiro atoms. The number of amides is 1. The first kappa shape index (κ1) is 24.8. The minimum Gasteiger partial charge on any atom is -0.481 e. The quantitative estimate of drug-likeness (QED) is 0.614.